The molecule has 0 bridgehead atoms. The van der Waals surface area contributed by atoms with Crippen LogP contribution >= 0.6 is 11.6 Å². The average molecular weight is 306 g/mol. The molecule has 1 heterocycles. The number of hydrogen-bond acceptors (Lipinski definition) is 3. The molecule has 0 radical (unpaired) electrons. The molecule has 1 aromatic carbocycles. The van der Waals surface area contributed by atoms with Crippen LogP contribution in [0.4, 0.5) is 0 Å². The average Bonchev–Trinajstić information content (AvgIpc) is 2.40. The molecule has 21 heavy (non-hydrogen) atoms. The molecule has 110 valence electrons. The van der Waals surface area contributed by atoms with Gasteiger partial charge in [0.25, 0.3) is 0 Å². The molecule has 5 heteroatoms. The van der Waals surface area contributed by atoms with E-state index in [2.05, 4.69) is 25.8 Å². The Balaban J connectivity index is 2.28. The molecule has 0 saturated carbocycles. The summed E-state index contributed by atoms with van der Waals surface area (Å²) >= 11 is 5.80. The van der Waals surface area contributed by atoms with E-state index in [9.17, 15) is 4.79 Å². The number of nitrogens with zero attached hydrogens (tertiary/aromatic N) is 1. The zero-order chi connectivity index (χ0) is 15.6. The zero-order valence-corrected chi connectivity index (χ0v) is 12.8. The number of ether oxygens (including phenoxy) is 1. The van der Waals surface area contributed by atoms with Gasteiger partial charge in [-0.05, 0) is 29.2 Å². The van der Waals surface area contributed by atoms with E-state index < -0.39 is 5.97 Å². The van der Waals surface area contributed by atoms with Gasteiger partial charge in [0.1, 0.15) is 11.3 Å². The molecule has 0 aliphatic heterocycles. The van der Waals surface area contributed by atoms with Crippen molar-refractivity contribution in [3.8, 4) is 11.6 Å². The van der Waals surface area contributed by atoms with Crippen LogP contribution in [0.15, 0.2) is 36.5 Å². The first kappa shape index (κ1) is 15.3. The van der Waals surface area contributed by atoms with E-state index in [-0.39, 0.29) is 16.7 Å². The quantitative estimate of drug-likeness (QED) is 0.905. The molecule has 0 spiro atoms. The van der Waals surface area contributed by atoms with Crippen molar-refractivity contribution in [2.75, 3.05) is 0 Å². The van der Waals surface area contributed by atoms with E-state index in [4.69, 9.17) is 21.4 Å². The highest BCUT2D eigenvalue weighted by atomic mass is 35.5. The Morgan fingerprint density at radius 2 is 1.95 bits per heavy atom. The van der Waals surface area contributed by atoms with Crippen LogP contribution in [-0.4, -0.2) is 16.1 Å². The van der Waals surface area contributed by atoms with Gasteiger partial charge in [0.2, 0.25) is 5.88 Å². The molecular formula is C16H16ClNO3. The SMILES string of the molecule is CC(C)(C)c1ccc(Oc2ccc(Cl)cc2C(=O)O)nc1. The summed E-state index contributed by atoms with van der Waals surface area (Å²) in [5.74, 6) is -0.547. The van der Waals surface area contributed by atoms with Crippen LogP contribution in [-0.2, 0) is 5.41 Å². The highest BCUT2D eigenvalue weighted by molar-refractivity contribution is 6.31. The molecule has 0 saturated heterocycles. The Bertz CT molecular complexity index is 660. The normalized spacial score (nSPS) is 11.2. The first-order valence-corrected chi connectivity index (χ1v) is 6.82. The van der Waals surface area contributed by atoms with E-state index in [0.717, 1.165) is 5.56 Å². The third kappa shape index (κ3) is 3.73. The Hall–Kier alpha value is -2.07. The third-order valence-corrected chi connectivity index (χ3v) is 3.22. The highest BCUT2D eigenvalue weighted by Gasteiger charge is 2.16. The molecule has 1 aromatic heterocycles. The fraction of sp³-hybridized carbons (Fsp3) is 0.250. The van der Waals surface area contributed by atoms with Crippen molar-refractivity contribution in [2.24, 2.45) is 0 Å². The maximum absolute atomic E-state index is 11.2. The molecule has 2 rings (SSSR count). The fourth-order valence-corrected chi connectivity index (χ4v) is 1.93. The Morgan fingerprint density at radius 3 is 2.48 bits per heavy atom. The van der Waals surface area contributed by atoms with Gasteiger partial charge < -0.3 is 9.84 Å². The van der Waals surface area contributed by atoms with Crippen LogP contribution < -0.4 is 4.74 Å². The standard InChI is InChI=1S/C16H16ClNO3/c1-16(2,3)10-4-7-14(18-9-10)21-13-6-5-11(17)8-12(13)15(19)20/h4-9H,1-3H3,(H,19,20). The van der Waals surface area contributed by atoms with Crippen LogP contribution in [0.3, 0.4) is 0 Å². The summed E-state index contributed by atoms with van der Waals surface area (Å²) in [5, 5.41) is 9.50. The number of hydrogen-bond donors (Lipinski definition) is 1. The maximum Gasteiger partial charge on any atom is 0.339 e. The molecule has 1 N–H and O–H groups in total. The lowest BCUT2D eigenvalue weighted by molar-refractivity contribution is 0.0694. The van der Waals surface area contributed by atoms with E-state index >= 15 is 0 Å². The minimum absolute atomic E-state index is 0.00196. The van der Waals surface area contributed by atoms with Gasteiger partial charge in [-0.3, -0.25) is 0 Å². The molecule has 0 fully saturated rings. The van der Waals surface area contributed by atoms with Crippen LogP contribution in [0.5, 0.6) is 11.6 Å². The Labute approximate surface area is 128 Å². The molecule has 0 aliphatic carbocycles. The molecular weight excluding hydrogens is 290 g/mol. The van der Waals surface area contributed by atoms with Crippen LogP contribution in [0.2, 0.25) is 5.02 Å². The van der Waals surface area contributed by atoms with Gasteiger partial charge in [-0.25, -0.2) is 9.78 Å². The van der Waals surface area contributed by atoms with E-state index in [1.165, 1.54) is 12.1 Å². The first-order valence-electron chi connectivity index (χ1n) is 6.44. The Kier molecular flexibility index (Phi) is 4.19. The Morgan fingerprint density at radius 1 is 1.24 bits per heavy atom. The van der Waals surface area contributed by atoms with Gasteiger partial charge in [-0.1, -0.05) is 38.4 Å². The summed E-state index contributed by atoms with van der Waals surface area (Å²) in [7, 11) is 0. The third-order valence-electron chi connectivity index (χ3n) is 2.99. The highest BCUT2D eigenvalue weighted by Crippen LogP contribution is 2.28. The van der Waals surface area contributed by atoms with Crippen molar-refractivity contribution in [1.29, 1.82) is 0 Å². The number of carboxylic acids is 1. The summed E-state index contributed by atoms with van der Waals surface area (Å²) < 4.78 is 5.54. The van der Waals surface area contributed by atoms with Crippen LogP contribution in [0.25, 0.3) is 0 Å². The van der Waals surface area contributed by atoms with Gasteiger partial charge in [0, 0.05) is 17.3 Å². The largest absolute Gasteiger partial charge is 0.478 e. The minimum atomic E-state index is -1.10. The summed E-state index contributed by atoms with van der Waals surface area (Å²) in [6.45, 7) is 6.27. The lowest BCUT2D eigenvalue weighted by Crippen LogP contribution is -2.11. The number of pyridine rings is 1. The monoisotopic (exact) mass is 305 g/mol. The second kappa shape index (κ2) is 5.74. The van der Waals surface area contributed by atoms with Gasteiger partial charge in [-0.15, -0.1) is 0 Å². The van der Waals surface area contributed by atoms with Crippen molar-refractivity contribution < 1.29 is 14.6 Å². The van der Waals surface area contributed by atoms with E-state index in [1.807, 2.05) is 6.07 Å². The number of aromatic carboxylic acids is 1. The van der Waals surface area contributed by atoms with Crippen molar-refractivity contribution in [3.63, 3.8) is 0 Å². The van der Waals surface area contributed by atoms with Gasteiger partial charge in [-0.2, -0.15) is 0 Å². The number of halogens is 1. The van der Waals surface area contributed by atoms with Crippen molar-refractivity contribution in [3.05, 3.63) is 52.7 Å². The van der Waals surface area contributed by atoms with Gasteiger partial charge in [0.15, 0.2) is 0 Å². The van der Waals surface area contributed by atoms with Crippen LogP contribution in [0.1, 0.15) is 36.7 Å². The van der Waals surface area contributed by atoms with E-state index in [1.54, 1.807) is 18.3 Å². The molecule has 2 aromatic rings. The topological polar surface area (TPSA) is 59.4 Å². The number of benzene rings is 1. The summed E-state index contributed by atoms with van der Waals surface area (Å²) in [6.07, 6.45) is 1.73. The number of carbonyl (C=O) groups is 1. The minimum Gasteiger partial charge on any atom is -0.478 e. The van der Waals surface area contributed by atoms with E-state index in [0.29, 0.717) is 10.9 Å². The molecule has 0 aliphatic rings. The lowest BCUT2D eigenvalue weighted by atomic mass is 9.88. The van der Waals surface area contributed by atoms with Crippen molar-refractivity contribution in [1.82, 2.24) is 4.98 Å². The van der Waals surface area contributed by atoms with Crippen molar-refractivity contribution >= 4 is 17.6 Å². The zero-order valence-electron chi connectivity index (χ0n) is 12.1. The summed E-state index contributed by atoms with van der Waals surface area (Å²) in [5.41, 5.74) is 1.08. The second-order valence-electron chi connectivity index (χ2n) is 5.68. The molecule has 4 nitrogen and oxygen atoms in total. The summed E-state index contributed by atoms with van der Waals surface area (Å²) in [4.78, 5) is 15.4. The fourth-order valence-electron chi connectivity index (χ4n) is 1.76. The van der Waals surface area contributed by atoms with Gasteiger partial charge >= 0.3 is 5.97 Å². The number of aromatic nitrogens is 1. The first-order chi connectivity index (χ1) is 9.77. The molecule has 0 unspecified atom stereocenters. The van der Waals surface area contributed by atoms with Crippen molar-refractivity contribution in [2.45, 2.75) is 26.2 Å². The lowest BCUT2D eigenvalue weighted by Gasteiger charge is -2.18. The second-order valence-corrected chi connectivity index (χ2v) is 6.12. The predicted molar refractivity (Wildman–Crippen MR) is 81.4 cm³/mol. The summed E-state index contributed by atoms with van der Waals surface area (Å²) in [6, 6.07) is 8.08. The van der Waals surface area contributed by atoms with Gasteiger partial charge in [0.05, 0.1) is 0 Å². The molecule has 0 atom stereocenters. The number of rotatable bonds is 3. The smallest absolute Gasteiger partial charge is 0.339 e. The maximum atomic E-state index is 11.2. The number of carboxylic acid groups (broad SMARTS) is 1. The molecule has 0 amide bonds. The van der Waals surface area contributed by atoms with Crippen LogP contribution in [0, 0.1) is 0 Å². The predicted octanol–water partition coefficient (Wildman–Crippen LogP) is 4.52.